The van der Waals surface area contributed by atoms with Gasteiger partial charge in [0.15, 0.2) is 0 Å². The third kappa shape index (κ3) is 2.26. The Labute approximate surface area is 125 Å². The van der Waals surface area contributed by atoms with E-state index in [9.17, 15) is 19.8 Å². The lowest BCUT2D eigenvalue weighted by atomic mass is 9.63. The molecule has 2 N–H and O–H groups in total. The Morgan fingerprint density at radius 1 is 1.20 bits per heavy atom. The van der Waals surface area contributed by atoms with Gasteiger partial charge in [0.1, 0.15) is 5.41 Å². The van der Waals surface area contributed by atoms with E-state index < -0.39 is 22.8 Å². The number of carbonyl (C=O) groups is 2. The van der Waals surface area contributed by atoms with Gasteiger partial charge in [-0.25, -0.2) is 0 Å². The number of allylic oxidation sites excluding steroid dienone is 1. The van der Waals surface area contributed by atoms with E-state index in [4.69, 9.17) is 0 Å². The number of rotatable bonds is 3. The molecule has 0 aliphatic heterocycles. The Hall–Kier alpha value is -1.62. The van der Waals surface area contributed by atoms with Gasteiger partial charge in [0.25, 0.3) is 0 Å². The van der Waals surface area contributed by atoms with Gasteiger partial charge in [0.05, 0.1) is 5.41 Å². The summed E-state index contributed by atoms with van der Waals surface area (Å²) in [5.41, 5.74) is -1.82. The molecule has 0 aromatic heterocycles. The molecule has 106 valence electrons. The molecule has 2 rings (SSSR count). The summed E-state index contributed by atoms with van der Waals surface area (Å²) in [5.74, 6) is -2.01. The molecule has 1 aliphatic carbocycles. The van der Waals surface area contributed by atoms with Gasteiger partial charge in [-0.3, -0.25) is 9.59 Å². The topological polar surface area (TPSA) is 74.6 Å². The lowest BCUT2D eigenvalue weighted by Crippen LogP contribution is -2.44. The van der Waals surface area contributed by atoms with Crippen LogP contribution in [0.1, 0.15) is 25.3 Å². The zero-order valence-electron chi connectivity index (χ0n) is 11.0. The molecule has 20 heavy (non-hydrogen) atoms. The second-order valence-electron chi connectivity index (χ2n) is 5.41. The highest BCUT2D eigenvalue weighted by atomic mass is 79.9. The summed E-state index contributed by atoms with van der Waals surface area (Å²) < 4.78 is 0.668. The van der Waals surface area contributed by atoms with E-state index in [1.165, 1.54) is 0 Å². The zero-order valence-corrected chi connectivity index (χ0v) is 12.6. The number of aliphatic carboxylic acids is 2. The molecule has 1 aromatic carbocycles. The monoisotopic (exact) mass is 338 g/mol. The van der Waals surface area contributed by atoms with Crippen molar-refractivity contribution in [1.82, 2.24) is 0 Å². The van der Waals surface area contributed by atoms with Crippen LogP contribution in [0.5, 0.6) is 0 Å². The molecule has 0 fully saturated rings. The Morgan fingerprint density at radius 2 is 1.85 bits per heavy atom. The predicted octanol–water partition coefficient (Wildman–Crippen LogP) is 3.21. The summed E-state index contributed by atoms with van der Waals surface area (Å²) in [6, 6.07) is 7.04. The van der Waals surface area contributed by atoms with Crippen LogP contribution in [0.25, 0.3) is 0 Å². The largest absolute Gasteiger partial charge is 0.481 e. The van der Waals surface area contributed by atoms with Crippen molar-refractivity contribution < 1.29 is 19.8 Å². The van der Waals surface area contributed by atoms with Crippen molar-refractivity contribution in [1.29, 1.82) is 0 Å². The average Bonchev–Trinajstić information content (AvgIpc) is 2.38. The molecule has 5 heteroatoms. The standard InChI is InChI=1S/C15H15BrO4/c1-14(12(17)18)7-4-8-15(9-14,13(19)20)10-5-2-3-6-11(10)16/h2-6,8H,7,9H2,1H3,(H,17,18)(H,19,20). The summed E-state index contributed by atoms with van der Waals surface area (Å²) in [4.78, 5) is 23.3. The molecule has 4 nitrogen and oxygen atoms in total. The number of carboxylic acid groups (broad SMARTS) is 2. The normalized spacial score (nSPS) is 29.1. The summed E-state index contributed by atoms with van der Waals surface area (Å²) in [5, 5.41) is 19.1. The zero-order chi connectivity index (χ0) is 15.0. The number of hydrogen-bond donors (Lipinski definition) is 2. The summed E-state index contributed by atoms with van der Waals surface area (Å²) >= 11 is 3.37. The van der Waals surface area contributed by atoms with Crippen molar-refractivity contribution in [2.45, 2.75) is 25.2 Å². The van der Waals surface area contributed by atoms with E-state index in [2.05, 4.69) is 15.9 Å². The van der Waals surface area contributed by atoms with Crippen LogP contribution in [0.2, 0.25) is 0 Å². The van der Waals surface area contributed by atoms with Gasteiger partial charge in [0.2, 0.25) is 0 Å². The minimum Gasteiger partial charge on any atom is -0.481 e. The first-order valence-electron chi connectivity index (χ1n) is 6.21. The SMILES string of the molecule is CC1(C(=O)O)CC=CC(C(=O)O)(c2ccccc2Br)C1. The smallest absolute Gasteiger partial charge is 0.318 e. The van der Waals surface area contributed by atoms with Crippen molar-refractivity contribution in [3.63, 3.8) is 0 Å². The molecule has 2 atom stereocenters. The average molecular weight is 339 g/mol. The Kier molecular flexibility index (Phi) is 3.73. The first kappa shape index (κ1) is 14.8. The molecule has 2 unspecified atom stereocenters. The predicted molar refractivity (Wildman–Crippen MR) is 77.6 cm³/mol. The van der Waals surface area contributed by atoms with Gasteiger partial charge in [-0.15, -0.1) is 0 Å². The molecule has 1 aliphatic rings. The van der Waals surface area contributed by atoms with Crippen LogP contribution < -0.4 is 0 Å². The Bertz CT molecular complexity index is 595. The van der Waals surface area contributed by atoms with E-state index in [-0.39, 0.29) is 6.42 Å². The van der Waals surface area contributed by atoms with Gasteiger partial charge >= 0.3 is 11.9 Å². The highest BCUT2D eigenvalue weighted by Crippen LogP contribution is 2.46. The molecule has 0 spiro atoms. The Balaban J connectivity index is 2.61. The van der Waals surface area contributed by atoms with Crippen LogP contribution in [0.3, 0.4) is 0 Å². The van der Waals surface area contributed by atoms with E-state index in [0.29, 0.717) is 16.5 Å². The maximum atomic E-state index is 11.9. The lowest BCUT2D eigenvalue weighted by Gasteiger charge is -2.38. The van der Waals surface area contributed by atoms with Crippen molar-refractivity contribution in [3.8, 4) is 0 Å². The van der Waals surface area contributed by atoms with Crippen molar-refractivity contribution in [3.05, 3.63) is 46.5 Å². The second kappa shape index (κ2) is 5.05. The van der Waals surface area contributed by atoms with Crippen LogP contribution in [-0.2, 0) is 15.0 Å². The highest BCUT2D eigenvalue weighted by Gasteiger charge is 2.50. The van der Waals surface area contributed by atoms with Crippen LogP contribution in [0, 0.1) is 5.41 Å². The van der Waals surface area contributed by atoms with E-state index in [1.807, 2.05) is 0 Å². The third-order valence-corrected chi connectivity index (χ3v) is 4.58. The minimum atomic E-state index is -1.31. The molecular formula is C15H15BrO4. The molecule has 0 radical (unpaired) electrons. The van der Waals surface area contributed by atoms with Gasteiger partial charge < -0.3 is 10.2 Å². The molecule has 0 saturated carbocycles. The van der Waals surface area contributed by atoms with Gasteiger partial charge in [0, 0.05) is 4.47 Å². The van der Waals surface area contributed by atoms with Crippen LogP contribution in [0.4, 0.5) is 0 Å². The summed E-state index contributed by atoms with van der Waals surface area (Å²) in [6.07, 6.45) is 3.64. The molecule has 0 bridgehead atoms. The van der Waals surface area contributed by atoms with Crippen LogP contribution in [0.15, 0.2) is 40.9 Å². The summed E-state index contributed by atoms with van der Waals surface area (Å²) in [7, 11) is 0. The summed E-state index contributed by atoms with van der Waals surface area (Å²) in [6.45, 7) is 1.59. The van der Waals surface area contributed by atoms with E-state index in [0.717, 1.165) is 0 Å². The maximum Gasteiger partial charge on any atom is 0.318 e. The number of hydrogen-bond acceptors (Lipinski definition) is 2. The molecule has 0 amide bonds. The first-order valence-corrected chi connectivity index (χ1v) is 7.01. The van der Waals surface area contributed by atoms with Gasteiger partial charge in [-0.1, -0.05) is 46.3 Å². The third-order valence-electron chi connectivity index (χ3n) is 3.89. The molecule has 1 aromatic rings. The number of halogens is 1. The first-order chi connectivity index (χ1) is 9.32. The van der Waals surface area contributed by atoms with Crippen LogP contribution in [-0.4, -0.2) is 22.2 Å². The molecule has 0 heterocycles. The fourth-order valence-electron chi connectivity index (χ4n) is 2.70. The van der Waals surface area contributed by atoms with Gasteiger partial charge in [-0.05, 0) is 31.4 Å². The van der Waals surface area contributed by atoms with Crippen molar-refractivity contribution in [2.24, 2.45) is 5.41 Å². The lowest BCUT2D eigenvalue weighted by molar-refractivity contribution is -0.152. The number of benzene rings is 1. The Morgan fingerprint density at radius 3 is 2.40 bits per heavy atom. The highest BCUT2D eigenvalue weighted by molar-refractivity contribution is 9.10. The van der Waals surface area contributed by atoms with E-state index >= 15 is 0 Å². The fourth-order valence-corrected chi connectivity index (χ4v) is 3.34. The maximum absolute atomic E-state index is 11.9. The van der Waals surface area contributed by atoms with Crippen molar-refractivity contribution >= 4 is 27.9 Å². The van der Waals surface area contributed by atoms with E-state index in [1.54, 1.807) is 43.3 Å². The van der Waals surface area contributed by atoms with Crippen LogP contribution >= 0.6 is 15.9 Å². The molecular weight excluding hydrogens is 324 g/mol. The molecule has 0 saturated heterocycles. The number of carboxylic acids is 2. The fraction of sp³-hybridized carbons (Fsp3) is 0.333. The van der Waals surface area contributed by atoms with Crippen molar-refractivity contribution in [2.75, 3.05) is 0 Å². The quantitative estimate of drug-likeness (QED) is 0.830. The van der Waals surface area contributed by atoms with Gasteiger partial charge in [-0.2, -0.15) is 0 Å². The second-order valence-corrected chi connectivity index (χ2v) is 6.26. The minimum absolute atomic E-state index is 0.0315.